The van der Waals surface area contributed by atoms with Crippen molar-refractivity contribution in [3.8, 4) is 5.75 Å². The Morgan fingerprint density at radius 2 is 1.72 bits per heavy atom. The molecule has 0 fully saturated rings. The molecule has 0 radical (unpaired) electrons. The first-order valence-corrected chi connectivity index (χ1v) is 9.27. The summed E-state index contributed by atoms with van der Waals surface area (Å²) in [4.78, 5) is 37.0. The van der Waals surface area contributed by atoms with Gasteiger partial charge in [-0.2, -0.15) is 0 Å². The molecule has 0 atom stereocenters. The second-order valence-electron chi connectivity index (χ2n) is 7.18. The highest BCUT2D eigenvalue weighted by molar-refractivity contribution is 6.09. The quantitative estimate of drug-likeness (QED) is 0.356. The molecule has 3 rings (SSSR count). The second kappa shape index (κ2) is 7.91. The van der Waals surface area contributed by atoms with E-state index in [1.54, 1.807) is 57.2 Å². The minimum Gasteiger partial charge on any atom is -0.476 e. The van der Waals surface area contributed by atoms with Crippen LogP contribution in [0.2, 0.25) is 0 Å². The van der Waals surface area contributed by atoms with Crippen LogP contribution >= 0.6 is 0 Å². The van der Waals surface area contributed by atoms with Crippen molar-refractivity contribution >= 4 is 22.7 Å². The lowest BCUT2D eigenvalue weighted by Gasteiger charge is -2.24. The third-order valence-corrected chi connectivity index (χ3v) is 4.39. The van der Waals surface area contributed by atoms with Crippen molar-refractivity contribution in [2.75, 3.05) is 6.61 Å². The normalized spacial score (nSPS) is 11.3. The van der Waals surface area contributed by atoms with Crippen molar-refractivity contribution in [1.82, 2.24) is 0 Å². The molecule has 0 unspecified atom stereocenters. The number of ether oxygens (including phenoxy) is 2. The number of hydrogen-bond donors (Lipinski definition) is 0. The van der Waals surface area contributed by atoms with Gasteiger partial charge in [0.2, 0.25) is 0 Å². The van der Waals surface area contributed by atoms with Gasteiger partial charge in [0.05, 0.1) is 6.61 Å². The van der Waals surface area contributed by atoms with Gasteiger partial charge in [0.15, 0.2) is 11.4 Å². The molecule has 0 saturated carbocycles. The van der Waals surface area contributed by atoms with Gasteiger partial charge in [0, 0.05) is 10.9 Å². The van der Waals surface area contributed by atoms with Crippen LogP contribution in [-0.2, 0) is 9.53 Å². The van der Waals surface area contributed by atoms with Crippen LogP contribution in [0.5, 0.6) is 5.75 Å². The van der Waals surface area contributed by atoms with E-state index in [-0.39, 0.29) is 12.2 Å². The van der Waals surface area contributed by atoms with Gasteiger partial charge >= 0.3 is 11.6 Å². The molecule has 0 N–H and O–H groups in total. The molecular formula is C23H22O6. The Kier molecular flexibility index (Phi) is 5.55. The Bertz CT molecular complexity index is 1120. The molecule has 0 aliphatic carbocycles. The lowest BCUT2D eigenvalue weighted by molar-refractivity contribution is -0.158. The van der Waals surface area contributed by atoms with Crippen molar-refractivity contribution in [2.24, 2.45) is 0 Å². The topological polar surface area (TPSA) is 82.8 Å². The van der Waals surface area contributed by atoms with E-state index in [9.17, 15) is 14.4 Å². The fraction of sp³-hybridized carbons (Fsp3) is 0.261. The van der Waals surface area contributed by atoms with E-state index >= 15 is 0 Å². The Hall–Kier alpha value is -3.41. The Labute approximate surface area is 168 Å². The van der Waals surface area contributed by atoms with Gasteiger partial charge in [-0.1, -0.05) is 11.6 Å². The van der Waals surface area contributed by atoms with E-state index in [0.717, 1.165) is 5.56 Å². The Morgan fingerprint density at radius 1 is 1.03 bits per heavy atom. The van der Waals surface area contributed by atoms with Gasteiger partial charge in [0.25, 0.3) is 0 Å². The maximum Gasteiger partial charge on any atom is 0.349 e. The molecule has 1 heterocycles. The number of aryl methyl sites for hydroxylation is 1. The molecule has 2 aromatic carbocycles. The van der Waals surface area contributed by atoms with Gasteiger partial charge in [-0.25, -0.2) is 9.59 Å². The van der Waals surface area contributed by atoms with Crippen molar-refractivity contribution in [3.05, 3.63) is 75.6 Å². The summed E-state index contributed by atoms with van der Waals surface area (Å²) in [5.74, 6) is -0.525. The Morgan fingerprint density at radius 3 is 2.38 bits per heavy atom. The maximum absolute atomic E-state index is 12.8. The average molecular weight is 394 g/mol. The zero-order valence-corrected chi connectivity index (χ0v) is 16.8. The summed E-state index contributed by atoms with van der Waals surface area (Å²) in [6, 6.07) is 13.2. The summed E-state index contributed by atoms with van der Waals surface area (Å²) >= 11 is 0. The molecule has 29 heavy (non-hydrogen) atoms. The molecular weight excluding hydrogens is 372 g/mol. The predicted molar refractivity (Wildman–Crippen MR) is 108 cm³/mol. The number of rotatable bonds is 6. The first-order chi connectivity index (χ1) is 13.7. The summed E-state index contributed by atoms with van der Waals surface area (Å²) < 4.78 is 16.0. The minimum atomic E-state index is -1.17. The van der Waals surface area contributed by atoms with E-state index < -0.39 is 23.0 Å². The molecule has 0 saturated heterocycles. The van der Waals surface area contributed by atoms with E-state index in [1.807, 2.05) is 19.1 Å². The standard InChI is InChI=1S/C23H22O6/c1-5-27-22(26)23(3,4)29-17-9-7-15(8-10-17)20(24)18-13-16-12-14(2)6-11-19(16)28-21(18)25/h6-13H,5H2,1-4H3. The van der Waals surface area contributed by atoms with Crippen LogP contribution < -0.4 is 10.4 Å². The van der Waals surface area contributed by atoms with Crippen LogP contribution in [0.25, 0.3) is 11.0 Å². The van der Waals surface area contributed by atoms with Gasteiger partial charge in [-0.3, -0.25) is 4.79 Å². The second-order valence-corrected chi connectivity index (χ2v) is 7.18. The van der Waals surface area contributed by atoms with Gasteiger partial charge in [0.1, 0.15) is 16.9 Å². The molecule has 150 valence electrons. The highest BCUT2D eigenvalue weighted by Gasteiger charge is 2.31. The fourth-order valence-corrected chi connectivity index (χ4v) is 2.87. The van der Waals surface area contributed by atoms with Crippen LogP contribution in [0, 0.1) is 6.92 Å². The molecule has 0 bridgehead atoms. The number of benzene rings is 2. The van der Waals surface area contributed by atoms with E-state index in [1.165, 1.54) is 0 Å². The predicted octanol–water partition coefficient (Wildman–Crippen LogP) is 4.05. The molecule has 0 amide bonds. The number of esters is 1. The van der Waals surface area contributed by atoms with Crippen molar-refractivity contribution in [2.45, 2.75) is 33.3 Å². The summed E-state index contributed by atoms with van der Waals surface area (Å²) in [5.41, 5.74) is -0.152. The summed E-state index contributed by atoms with van der Waals surface area (Å²) in [6.45, 7) is 7.10. The summed E-state index contributed by atoms with van der Waals surface area (Å²) in [6.07, 6.45) is 0. The highest BCUT2D eigenvalue weighted by atomic mass is 16.6. The number of ketones is 1. The van der Waals surface area contributed by atoms with E-state index in [4.69, 9.17) is 13.9 Å². The molecule has 0 spiro atoms. The number of carbonyl (C=O) groups excluding carboxylic acids is 2. The summed E-state index contributed by atoms with van der Waals surface area (Å²) in [7, 11) is 0. The lowest BCUT2D eigenvalue weighted by Crippen LogP contribution is -2.39. The van der Waals surface area contributed by atoms with Gasteiger partial charge in [-0.05, 0) is 70.2 Å². The lowest BCUT2D eigenvalue weighted by atomic mass is 10.0. The monoisotopic (exact) mass is 394 g/mol. The molecule has 3 aromatic rings. The number of fused-ring (bicyclic) bond motifs is 1. The molecule has 0 aliphatic rings. The summed E-state index contributed by atoms with van der Waals surface area (Å²) in [5, 5.41) is 0.684. The maximum atomic E-state index is 12.8. The third-order valence-electron chi connectivity index (χ3n) is 4.39. The van der Waals surface area contributed by atoms with Crippen LogP contribution in [0.3, 0.4) is 0 Å². The van der Waals surface area contributed by atoms with E-state index in [2.05, 4.69) is 0 Å². The van der Waals surface area contributed by atoms with Crippen molar-refractivity contribution < 1.29 is 23.5 Å². The Balaban J connectivity index is 1.86. The average Bonchev–Trinajstić information content (AvgIpc) is 2.68. The molecule has 6 heteroatoms. The fourth-order valence-electron chi connectivity index (χ4n) is 2.87. The zero-order chi connectivity index (χ0) is 21.2. The van der Waals surface area contributed by atoms with Crippen LogP contribution in [0.15, 0.2) is 57.7 Å². The van der Waals surface area contributed by atoms with Crippen LogP contribution in [0.1, 0.15) is 42.3 Å². The van der Waals surface area contributed by atoms with Crippen LogP contribution in [-0.4, -0.2) is 24.0 Å². The van der Waals surface area contributed by atoms with Gasteiger partial charge < -0.3 is 13.9 Å². The number of carbonyl (C=O) groups is 2. The largest absolute Gasteiger partial charge is 0.476 e. The van der Waals surface area contributed by atoms with Crippen molar-refractivity contribution in [3.63, 3.8) is 0 Å². The molecule has 1 aromatic heterocycles. The highest BCUT2D eigenvalue weighted by Crippen LogP contribution is 2.22. The first kappa shape index (κ1) is 20.3. The first-order valence-electron chi connectivity index (χ1n) is 9.27. The van der Waals surface area contributed by atoms with Crippen molar-refractivity contribution in [1.29, 1.82) is 0 Å². The van der Waals surface area contributed by atoms with Crippen LogP contribution in [0.4, 0.5) is 0 Å². The smallest absolute Gasteiger partial charge is 0.349 e. The minimum absolute atomic E-state index is 0.0383. The van der Waals surface area contributed by atoms with E-state index in [0.29, 0.717) is 22.3 Å². The molecule has 6 nitrogen and oxygen atoms in total. The molecule has 0 aliphatic heterocycles. The third kappa shape index (κ3) is 4.37. The SMILES string of the molecule is CCOC(=O)C(C)(C)Oc1ccc(C(=O)c2cc3cc(C)ccc3oc2=O)cc1. The number of hydrogen-bond acceptors (Lipinski definition) is 6. The van der Waals surface area contributed by atoms with Gasteiger partial charge in [-0.15, -0.1) is 0 Å². The zero-order valence-electron chi connectivity index (χ0n) is 16.8.